The van der Waals surface area contributed by atoms with E-state index in [-0.39, 0.29) is 10.3 Å². The molecule has 1 aromatic carbocycles. The van der Waals surface area contributed by atoms with E-state index in [1.165, 1.54) is 12.3 Å². The number of hydrogen-bond donors (Lipinski definition) is 1. The highest BCUT2D eigenvalue weighted by atomic mass is 32.1. The quantitative estimate of drug-likeness (QED) is 0.647. The summed E-state index contributed by atoms with van der Waals surface area (Å²) in [4.78, 5) is 0. The standard InChI is InChI=1S/C11H7F4N3S/c12-9-2-1-7(4-8(9)11(13,14)15)18-10(19)3-6(16)5-17-18/h1-5H,16H2. The van der Waals surface area contributed by atoms with Crippen molar-refractivity contribution < 1.29 is 17.6 Å². The topological polar surface area (TPSA) is 43.8 Å². The lowest BCUT2D eigenvalue weighted by Crippen LogP contribution is -2.10. The molecule has 0 spiro atoms. The van der Waals surface area contributed by atoms with Crippen LogP contribution in [-0.2, 0) is 6.18 Å². The van der Waals surface area contributed by atoms with Crippen LogP contribution in [0.5, 0.6) is 0 Å². The summed E-state index contributed by atoms with van der Waals surface area (Å²) in [6, 6.07) is 3.90. The molecule has 0 atom stereocenters. The van der Waals surface area contributed by atoms with Crippen LogP contribution in [0.15, 0.2) is 30.5 Å². The van der Waals surface area contributed by atoms with Crippen molar-refractivity contribution in [3.8, 4) is 5.69 Å². The molecule has 0 saturated carbocycles. The van der Waals surface area contributed by atoms with E-state index in [4.69, 9.17) is 18.0 Å². The zero-order chi connectivity index (χ0) is 14.2. The summed E-state index contributed by atoms with van der Waals surface area (Å²) in [7, 11) is 0. The molecule has 0 fully saturated rings. The van der Waals surface area contributed by atoms with Gasteiger partial charge in [-0.25, -0.2) is 9.07 Å². The Kier molecular flexibility index (Phi) is 3.27. The number of benzene rings is 1. The van der Waals surface area contributed by atoms with Crippen LogP contribution in [0.1, 0.15) is 5.56 Å². The van der Waals surface area contributed by atoms with Crippen LogP contribution in [0.3, 0.4) is 0 Å². The molecule has 1 aromatic heterocycles. The van der Waals surface area contributed by atoms with Crippen LogP contribution in [0.25, 0.3) is 5.69 Å². The summed E-state index contributed by atoms with van der Waals surface area (Å²) in [6.07, 6.45) is -3.54. The van der Waals surface area contributed by atoms with Crippen LogP contribution >= 0.6 is 12.2 Å². The molecular formula is C11H7F4N3S. The second kappa shape index (κ2) is 4.61. The van der Waals surface area contributed by atoms with Crippen LogP contribution in [0, 0.1) is 10.5 Å². The van der Waals surface area contributed by atoms with Crippen molar-refractivity contribution in [1.82, 2.24) is 9.78 Å². The molecule has 0 aliphatic rings. The Bertz CT molecular complexity index is 678. The number of nitrogens with zero attached hydrogens (tertiary/aromatic N) is 2. The van der Waals surface area contributed by atoms with Gasteiger partial charge in [0.15, 0.2) is 0 Å². The largest absolute Gasteiger partial charge is 0.419 e. The number of nitrogens with two attached hydrogens (primary N) is 1. The third-order valence-electron chi connectivity index (χ3n) is 2.32. The highest BCUT2D eigenvalue weighted by molar-refractivity contribution is 7.71. The molecule has 2 rings (SSSR count). The van der Waals surface area contributed by atoms with Gasteiger partial charge < -0.3 is 5.73 Å². The van der Waals surface area contributed by atoms with Crippen molar-refractivity contribution in [3.05, 3.63) is 46.5 Å². The van der Waals surface area contributed by atoms with Crippen molar-refractivity contribution in [1.29, 1.82) is 0 Å². The maximum absolute atomic E-state index is 13.2. The molecular weight excluding hydrogens is 282 g/mol. The van der Waals surface area contributed by atoms with Crippen molar-refractivity contribution in [3.63, 3.8) is 0 Å². The maximum Gasteiger partial charge on any atom is 0.419 e. The molecule has 2 aromatic rings. The van der Waals surface area contributed by atoms with Gasteiger partial charge in [0.05, 0.1) is 23.1 Å². The summed E-state index contributed by atoms with van der Waals surface area (Å²) >= 11 is 4.94. The van der Waals surface area contributed by atoms with Gasteiger partial charge in [-0.2, -0.15) is 18.3 Å². The fourth-order valence-corrected chi connectivity index (χ4v) is 1.77. The minimum absolute atomic E-state index is 0.0127. The fraction of sp³-hybridized carbons (Fsp3) is 0.0909. The summed E-state index contributed by atoms with van der Waals surface area (Å²) in [5, 5.41) is 3.80. The van der Waals surface area contributed by atoms with Gasteiger partial charge in [-0.1, -0.05) is 12.2 Å². The summed E-state index contributed by atoms with van der Waals surface area (Å²) < 4.78 is 52.1. The lowest BCUT2D eigenvalue weighted by molar-refractivity contribution is -0.140. The zero-order valence-electron chi connectivity index (χ0n) is 9.28. The molecule has 2 N–H and O–H groups in total. The van der Waals surface area contributed by atoms with E-state index in [0.717, 1.165) is 16.8 Å². The highest BCUT2D eigenvalue weighted by Crippen LogP contribution is 2.32. The van der Waals surface area contributed by atoms with Gasteiger partial charge >= 0.3 is 6.18 Å². The molecule has 100 valence electrons. The molecule has 0 aliphatic carbocycles. The minimum atomic E-state index is -4.78. The highest BCUT2D eigenvalue weighted by Gasteiger charge is 2.34. The second-order valence-corrected chi connectivity index (χ2v) is 4.12. The molecule has 0 radical (unpaired) electrons. The first kappa shape index (κ1) is 13.5. The Morgan fingerprint density at radius 2 is 1.89 bits per heavy atom. The van der Waals surface area contributed by atoms with Crippen molar-refractivity contribution in [2.75, 3.05) is 5.73 Å². The Hall–Kier alpha value is -1.96. The normalized spacial score (nSPS) is 11.6. The summed E-state index contributed by atoms with van der Waals surface area (Å²) in [6.45, 7) is 0. The molecule has 0 bridgehead atoms. The second-order valence-electron chi connectivity index (χ2n) is 3.70. The molecule has 0 unspecified atom stereocenters. The van der Waals surface area contributed by atoms with E-state index in [2.05, 4.69) is 5.10 Å². The van der Waals surface area contributed by atoms with Crippen molar-refractivity contribution in [2.24, 2.45) is 0 Å². The maximum atomic E-state index is 13.2. The fourth-order valence-electron chi connectivity index (χ4n) is 1.48. The van der Waals surface area contributed by atoms with Gasteiger partial charge in [-0.15, -0.1) is 0 Å². The van der Waals surface area contributed by atoms with E-state index in [9.17, 15) is 17.6 Å². The predicted octanol–water partition coefficient (Wildman–Crippen LogP) is 3.34. The minimum Gasteiger partial charge on any atom is -0.397 e. The average Bonchev–Trinajstić information content (AvgIpc) is 2.29. The SMILES string of the molecule is Nc1cnn(-c2ccc(F)c(C(F)(F)F)c2)c(=S)c1. The first-order valence-corrected chi connectivity index (χ1v) is 5.42. The van der Waals surface area contributed by atoms with E-state index < -0.39 is 17.6 Å². The molecule has 1 heterocycles. The van der Waals surface area contributed by atoms with Gasteiger partial charge in [0, 0.05) is 0 Å². The molecule has 8 heteroatoms. The van der Waals surface area contributed by atoms with Gasteiger partial charge in [-0.3, -0.25) is 0 Å². The van der Waals surface area contributed by atoms with Crippen LogP contribution in [0.2, 0.25) is 0 Å². The Balaban J connectivity index is 2.61. The monoisotopic (exact) mass is 289 g/mol. The van der Waals surface area contributed by atoms with Crippen LogP contribution in [-0.4, -0.2) is 9.78 Å². The predicted molar refractivity (Wildman–Crippen MR) is 63.8 cm³/mol. The lowest BCUT2D eigenvalue weighted by Gasteiger charge is -2.11. The third kappa shape index (κ3) is 2.73. The number of nitrogen functional groups attached to an aromatic ring is 1. The number of alkyl halides is 3. The zero-order valence-corrected chi connectivity index (χ0v) is 10.1. The number of anilines is 1. The molecule has 0 amide bonds. The number of aromatic nitrogens is 2. The van der Waals surface area contributed by atoms with Gasteiger partial charge in [0.1, 0.15) is 10.5 Å². The van der Waals surface area contributed by atoms with Crippen molar-refractivity contribution >= 4 is 17.9 Å². The Morgan fingerprint density at radius 3 is 2.47 bits per heavy atom. The van der Waals surface area contributed by atoms with E-state index in [1.807, 2.05) is 0 Å². The Morgan fingerprint density at radius 1 is 1.21 bits per heavy atom. The molecule has 0 saturated heterocycles. The van der Waals surface area contributed by atoms with Crippen LogP contribution < -0.4 is 5.73 Å². The average molecular weight is 289 g/mol. The lowest BCUT2D eigenvalue weighted by atomic mass is 10.2. The first-order chi connectivity index (χ1) is 8.79. The number of hydrogen-bond acceptors (Lipinski definition) is 3. The van der Waals surface area contributed by atoms with Gasteiger partial charge in [0.25, 0.3) is 0 Å². The Labute approximate surface area is 110 Å². The molecule has 3 nitrogen and oxygen atoms in total. The van der Waals surface area contributed by atoms with E-state index in [1.54, 1.807) is 0 Å². The van der Waals surface area contributed by atoms with Crippen LogP contribution in [0.4, 0.5) is 23.2 Å². The summed E-state index contributed by atoms with van der Waals surface area (Å²) in [5.74, 6) is -1.35. The van der Waals surface area contributed by atoms with Gasteiger partial charge in [0.2, 0.25) is 0 Å². The van der Waals surface area contributed by atoms with E-state index in [0.29, 0.717) is 11.8 Å². The molecule has 0 aliphatic heterocycles. The van der Waals surface area contributed by atoms with Gasteiger partial charge in [-0.05, 0) is 24.3 Å². The first-order valence-electron chi connectivity index (χ1n) is 5.01. The smallest absolute Gasteiger partial charge is 0.397 e. The molecule has 19 heavy (non-hydrogen) atoms. The number of rotatable bonds is 1. The number of halogens is 4. The summed E-state index contributed by atoms with van der Waals surface area (Å²) in [5.41, 5.74) is 4.38. The van der Waals surface area contributed by atoms with E-state index >= 15 is 0 Å². The van der Waals surface area contributed by atoms with Crippen molar-refractivity contribution in [2.45, 2.75) is 6.18 Å². The third-order valence-corrected chi connectivity index (χ3v) is 2.61.